The number of nitrogens with zero attached hydrogens (tertiary/aromatic N) is 2. The first-order valence-corrected chi connectivity index (χ1v) is 8.46. The van der Waals surface area contributed by atoms with Crippen LogP contribution < -0.4 is 5.73 Å². The Balaban J connectivity index is 2.00. The number of nitrogen functional groups attached to an aromatic ring is 1. The first kappa shape index (κ1) is 14.0. The van der Waals surface area contributed by atoms with E-state index < -0.39 is 9.84 Å². The summed E-state index contributed by atoms with van der Waals surface area (Å²) in [5.41, 5.74) is 7.97. The van der Waals surface area contributed by atoms with E-state index in [2.05, 4.69) is 30.9 Å². The van der Waals surface area contributed by atoms with Crippen LogP contribution in [0.5, 0.6) is 0 Å². The number of anilines is 1. The molecule has 0 saturated carbocycles. The van der Waals surface area contributed by atoms with Gasteiger partial charge >= 0.3 is 0 Å². The van der Waals surface area contributed by atoms with Crippen molar-refractivity contribution in [1.29, 1.82) is 0 Å². The number of imidazole rings is 1. The van der Waals surface area contributed by atoms with Gasteiger partial charge in [-0.25, -0.2) is 13.4 Å². The largest absolute Gasteiger partial charge is 0.399 e. The van der Waals surface area contributed by atoms with Crippen LogP contribution in [0.1, 0.15) is 5.56 Å². The molecule has 0 aliphatic rings. The third-order valence-electron chi connectivity index (χ3n) is 2.90. The van der Waals surface area contributed by atoms with Crippen LogP contribution in [-0.2, 0) is 15.6 Å². The van der Waals surface area contributed by atoms with Gasteiger partial charge in [-0.1, -0.05) is 0 Å². The van der Waals surface area contributed by atoms with E-state index in [-0.39, 0.29) is 10.9 Å². The molecule has 0 atom stereocenters. The first-order chi connectivity index (χ1) is 9.94. The number of fused-ring (bicyclic) bond motifs is 1. The summed E-state index contributed by atoms with van der Waals surface area (Å²) in [6.45, 7) is 0. The Bertz CT molecular complexity index is 921. The Hall–Kier alpha value is -1.93. The number of pyridine rings is 1. The number of benzene rings is 1. The van der Waals surface area contributed by atoms with Crippen LogP contribution in [0.2, 0.25) is 0 Å². The molecule has 0 radical (unpaired) electrons. The Labute approximate surface area is 129 Å². The normalized spacial score (nSPS) is 11.9. The van der Waals surface area contributed by atoms with Crippen LogP contribution in [-0.4, -0.2) is 23.4 Å². The summed E-state index contributed by atoms with van der Waals surface area (Å²) in [4.78, 5) is 10.9. The monoisotopic (exact) mass is 366 g/mol. The van der Waals surface area contributed by atoms with E-state index in [4.69, 9.17) is 5.73 Å². The zero-order chi connectivity index (χ0) is 15.0. The number of sulfone groups is 1. The summed E-state index contributed by atoms with van der Waals surface area (Å²) >= 11 is 3.27. The van der Waals surface area contributed by atoms with Crippen LogP contribution in [0.15, 0.2) is 46.3 Å². The maximum absolute atomic E-state index is 12.4. The van der Waals surface area contributed by atoms with Gasteiger partial charge in [0, 0.05) is 22.6 Å². The van der Waals surface area contributed by atoms with Crippen LogP contribution in [0.25, 0.3) is 11.0 Å². The average molecular weight is 367 g/mol. The Kier molecular flexibility index (Phi) is 3.42. The molecule has 0 bridgehead atoms. The molecule has 6 nitrogen and oxygen atoms in total. The molecule has 0 unspecified atom stereocenters. The minimum atomic E-state index is -3.57. The van der Waals surface area contributed by atoms with E-state index in [0.29, 0.717) is 22.3 Å². The van der Waals surface area contributed by atoms with Gasteiger partial charge in [0.05, 0.1) is 16.8 Å². The van der Waals surface area contributed by atoms with E-state index >= 15 is 0 Å². The Morgan fingerprint density at radius 1 is 1.24 bits per heavy atom. The van der Waals surface area contributed by atoms with Gasteiger partial charge in [-0.15, -0.1) is 0 Å². The molecule has 21 heavy (non-hydrogen) atoms. The second-order valence-corrected chi connectivity index (χ2v) is 7.41. The van der Waals surface area contributed by atoms with Crippen molar-refractivity contribution in [3.05, 3.63) is 46.7 Å². The van der Waals surface area contributed by atoms with E-state index in [0.717, 1.165) is 4.47 Å². The topological polar surface area (TPSA) is 102 Å². The second-order valence-electron chi connectivity index (χ2n) is 4.59. The lowest BCUT2D eigenvalue weighted by Crippen LogP contribution is -2.07. The number of nitrogens with one attached hydrogen (secondary N) is 1. The number of halogens is 1. The predicted octanol–water partition coefficient (Wildman–Crippen LogP) is 2.28. The van der Waals surface area contributed by atoms with Crippen LogP contribution in [0.3, 0.4) is 0 Å². The van der Waals surface area contributed by atoms with Crippen LogP contribution >= 0.6 is 15.9 Å². The molecule has 0 aliphatic carbocycles. The van der Waals surface area contributed by atoms with Gasteiger partial charge in [0.25, 0.3) is 0 Å². The van der Waals surface area contributed by atoms with Crippen LogP contribution in [0, 0.1) is 0 Å². The summed E-state index contributed by atoms with van der Waals surface area (Å²) in [7, 11) is -3.57. The summed E-state index contributed by atoms with van der Waals surface area (Å²) in [5.74, 6) is -0.172. The first-order valence-electron chi connectivity index (χ1n) is 6.01. The molecule has 108 valence electrons. The molecule has 0 saturated heterocycles. The van der Waals surface area contributed by atoms with Crippen molar-refractivity contribution in [3.8, 4) is 0 Å². The highest BCUT2D eigenvalue weighted by atomic mass is 79.9. The number of hydrogen-bond donors (Lipinski definition) is 2. The zero-order valence-electron chi connectivity index (χ0n) is 10.7. The number of rotatable bonds is 3. The zero-order valence-corrected chi connectivity index (χ0v) is 13.1. The van der Waals surface area contributed by atoms with Crippen molar-refractivity contribution < 1.29 is 8.42 Å². The predicted molar refractivity (Wildman–Crippen MR) is 83.3 cm³/mol. The molecule has 3 N–H and O–H groups in total. The number of hydrogen-bond acceptors (Lipinski definition) is 5. The smallest absolute Gasteiger partial charge is 0.226 e. The number of nitrogens with two attached hydrogens (primary N) is 1. The third kappa shape index (κ3) is 2.91. The maximum Gasteiger partial charge on any atom is 0.226 e. The minimum absolute atomic E-state index is 0.0666. The Morgan fingerprint density at radius 3 is 2.81 bits per heavy atom. The molecule has 3 aromatic rings. The molecule has 3 rings (SSSR count). The van der Waals surface area contributed by atoms with Gasteiger partial charge in [-0.05, 0) is 45.8 Å². The van der Waals surface area contributed by atoms with Crippen molar-refractivity contribution in [2.75, 3.05) is 5.73 Å². The molecule has 2 aromatic heterocycles. The van der Waals surface area contributed by atoms with E-state index in [9.17, 15) is 8.42 Å². The molecular weight excluding hydrogens is 356 g/mol. The number of aromatic nitrogens is 3. The van der Waals surface area contributed by atoms with Crippen molar-refractivity contribution in [2.45, 2.75) is 10.9 Å². The number of aromatic amines is 1. The van der Waals surface area contributed by atoms with Gasteiger partial charge in [0.2, 0.25) is 15.0 Å². The SMILES string of the molecule is Nc1ccc2nc(S(=O)(=O)Cc3cncc(Br)c3)[nH]c2c1. The molecular formula is C13H11BrN4O2S. The lowest BCUT2D eigenvalue weighted by molar-refractivity contribution is 0.588. The lowest BCUT2D eigenvalue weighted by Gasteiger charge is -2.01. The molecule has 1 aromatic carbocycles. The minimum Gasteiger partial charge on any atom is -0.399 e. The quantitative estimate of drug-likeness (QED) is 0.692. The van der Waals surface area contributed by atoms with Crippen molar-refractivity contribution in [2.24, 2.45) is 0 Å². The van der Waals surface area contributed by atoms with Gasteiger partial charge in [0.1, 0.15) is 0 Å². The summed E-state index contributed by atoms with van der Waals surface area (Å²) in [6.07, 6.45) is 3.11. The molecule has 0 aliphatic heterocycles. The van der Waals surface area contributed by atoms with Gasteiger partial charge < -0.3 is 10.7 Å². The maximum atomic E-state index is 12.4. The molecule has 0 spiro atoms. The van der Waals surface area contributed by atoms with Gasteiger partial charge in [-0.3, -0.25) is 4.98 Å². The second kappa shape index (κ2) is 5.12. The average Bonchev–Trinajstić information content (AvgIpc) is 2.82. The third-order valence-corrected chi connectivity index (χ3v) is 4.83. The van der Waals surface area contributed by atoms with Crippen LogP contribution in [0.4, 0.5) is 5.69 Å². The summed E-state index contributed by atoms with van der Waals surface area (Å²) < 4.78 is 25.5. The van der Waals surface area contributed by atoms with Crippen molar-refractivity contribution >= 4 is 42.5 Å². The standard InChI is InChI=1S/C13H11BrN4O2S/c14-9-3-8(5-16-6-9)7-21(19,20)13-17-11-2-1-10(15)4-12(11)18-13/h1-6H,7,15H2,(H,17,18). The number of H-pyrrole nitrogens is 1. The van der Waals surface area contributed by atoms with E-state index in [1.165, 1.54) is 6.20 Å². The van der Waals surface area contributed by atoms with Gasteiger partial charge in [-0.2, -0.15) is 0 Å². The molecule has 8 heteroatoms. The summed E-state index contributed by atoms with van der Waals surface area (Å²) in [5, 5.41) is -0.0666. The highest BCUT2D eigenvalue weighted by Gasteiger charge is 2.20. The van der Waals surface area contributed by atoms with Gasteiger partial charge in [0.15, 0.2) is 0 Å². The van der Waals surface area contributed by atoms with E-state index in [1.54, 1.807) is 30.5 Å². The fourth-order valence-electron chi connectivity index (χ4n) is 1.97. The molecule has 0 fully saturated rings. The fraction of sp³-hybridized carbons (Fsp3) is 0.0769. The Morgan fingerprint density at radius 2 is 2.05 bits per heavy atom. The fourth-order valence-corrected chi connectivity index (χ4v) is 3.62. The highest BCUT2D eigenvalue weighted by molar-refractivity contribution is 9.10. The summed E-state index contributed by atoms with van der Waals surface area (Å²) in [6, 6.07) is 6.73. The van der Waals surface area contributed by atoms with Crippen molar-refractivity contribution in [1.82, 2.24) is 15.0 Å². The molecule has 0 amide bonds. The van der Waals surface area contributed by atoms with Crippen molar-refractivity contribution in [3.63, 3.8) is 0 Å². The molecule has 2 heterocycles. The van der Waals surface area contributed by atoms with E-state index in [1.807, 2.05) is 0 Å². The highest BCUT2D eigenvalue weighted by Crippen LogP contribution is 2.20. The lowest BCUT2D eigenvalue weighted by atomic mass is 10.3.